The number of ether oxygens (including phenoxy) is 1. The van der Waals surface area contributed by atoms with Gasteiger partial charge in [-0.1, -0.05) is 64.5 Å². The van der Waals surface area contributed by atoms with Crippen LogP contribution < -0.4 is 14.4 Å². The van der Waals surface area contributed by atoms with Crippen LogP contribution in [0.2, 0.25) is 0 Å². The van der Waals surface area contributed by atoms with Crippen LogP contribution in [0, 0.1) is 17.0 Å². The van der Waals surface area contributed by atoms with Crippen molar-refractivity contribution in [3.63, 3.8) is 0 Å². The second kappa shape index (κ2) is 15.6. The highest BCUT2D eigenvalue weighted by Gasteiger charge is 2.36. The molecule has 1 atom stereocenters. The predicted octanol–water partition coefficient (Wildman–Crippen LogP) is 6.42. The summed E-state index contributed by atoms with van der Waals surface area (Å²) < 4.78 is 35.6. The van der Waals surface area contributed by atoms with E-state index in [1.807, 2.05) is 75.4 Å². The predicted molar refractivity (Wildman–Crippen MR) is 192 cm³/mol. The highest BCUT2D eigenvalue weighted by Crippen LogP contribution is 2.30. The number of hydrogen-bond acceptors (Lipinski definition) is 7. The van der Waals surface area contributed by atoms with Gasteiger partial charge in [0.15, 0.2) is 0 Å². The summed E-state index contributed by atoms with van der Waals surface area (Å²) in [5, 5.41) is 14.7. The van der Waals surface area contributed by atoms with Gasteiger partial charge in [-0.2, -0.15) is 0 Å². The zero-order valence-electron chi connectivity index (χ0n) is 27.9. The number of rotatable bonds is 13. The molecule has 0 spiro atoms. The summed E-state index contributed by atoms with van der Waals surface area (Å²) in [6.07, 6.45) is 0.155. The van der Waals surface area contributed by atoms with Crippen molar-refractivity contribution < 1.29 is 27.7 Å². The fourth-order valence-corrected chi connectivity index (χ4v) is 7.07. The van der Waals surface area contributed by atoms with E-state index in [4.69, 9.17) is 4.74 Å². The normalized spacial score (nSPS) is 12.1. The Bertz CT molecular complexity index is 1910. The zero-order chi connectivity index (χ0) is 35.9. The molecule has 0 aromatic heterocycles. The number of nitro benzene ring substituents is 1. The maximum absolute atomic E-state index is 14.6. The molecule has 0 heterocycles. The van der Waals surface area contributed by atoms with Crippen molar-refractivity contribution in [1.82, 2.24) is 10.2 Å². The van der Waals surface area contributed by atoms with Gasteiger partial charge in [-0.3, -0.25) is 24.0 Å². The molecule has 0 saturated carbocycles. The van der Waals surface area contributed by atoms with Gasteiger partial charge >= 0.3 is 0 Å². The van der Waals surface area contributed by atoms with Gasteiger partial charge in [-0.05, 0) is 81.3 Å². The van der Waals surface area contributed by atoms with Crippen LogP contribution in [-0.4, -0.2) is 55.3 Å². The maximum atomic E-state index is 14.6. The molecule has 0 aliphatic carbocycles. The molecule has 4 aromatic carbocycles. The zero-order valence-corrected chi connectivity index (χ0v) is 30.3. The van der Waals surface area contributed by atoms with E-state index in [9.17, 15) is 28.1 Å². The van der Waals surface area contributed by atoms with Crippen molar-refractivity contribution in [2.75, 3.05) is 18.0 Å². The van der Waals surface area contributed by atoms with Gasteiger partial charge in [0.1, 0.15) is 18.3 Å². The van der Waals surface area contributed by atoms with E-state index in [0.29, 0.717) is 11.3 Å². The number of carbonyl (C=O) groups excluding carboxylic acids is 2. The minimum atomic E-state index is -4.56. The molecule has 0 aliphatic rings. The minimum absolute atomic E-state index is 0.0140. The third-order valence-corrected chi connectivity index (χ3v) is 9.88. The second-order valence-corrected chi connectivity index (χ2v) is 15.3. The summed E-state index contributed by atoms with van der Waals surface area (Å²) in [5.41, 5.74) is 0.908. The molecule has 0 aliphatic heterocycles. The van der Waals surface area contributed by atoms with Crippen LogP contribution in [0.15, 0.2) is 106 Å². The largest absolute Gasteiger partial charge is 0.497 e. The number of amides is 2. The number of halogens is 1. The van der Waals surface area contributed by atoms with Crippen LogP contribution in [0.3, 0.4) is 0 Å². The van der Waals surface area contributed by atoms with Crippen LogP contribution in [0.5, 0.6) is 5.75 Å². The number of nitrogens with zero attached hydrogens (tertiary/aromatic N) is 3. The van der Waals surface area contributed by atoms with E-state index >= 15 is 0 Å². The molecule has 1 N–H and O–H groups in total. The average molecular weight is 752 g/mol. The van der Waals surface area contributed by atoms with Crippen molar-refractivity contribution >= 4 is 49.1 Å². The first kappa shape index (κ1) is 37.1. The SMILES string of the molecule is COc1ccc(N(CC(=O)N(Cc2cccc(Br)c2)C(Cc2ccccc2)C(=O)NC(C)(C)C)S(=O)(=O)c2ccc(C)c([N+](=O)[O-])c2)cc1. The molecular weight excluding hydrogens is 712 g/mol. The number of anilines is 1. The number of benzene rings is 4. The quantitative estimate of drug-likeness (QED) is 0.123. The fourth-order valence-electron chi connectivity index (χ4n) is 5.19. The van der Waals surface area contributed by atoms with Crippen molar-refractivity contribution in [1.29, 1.82) is 0 Å². The summed E-state index contributed by atoms with van der Waals surface area (Å²) in [6, 6.07) is 25.2. The minimum Gasteiger partial charge on any atom is -0.497 e. The van der Waals surface area contributed by atoms with E-state index in [-0.39, 0.29) is 34.8 Å². The van der Waals surface area contributed by atoms with Crippen molar-refractivity contribution in [3.05, 3.63) is 128 Å². The molecule has 0 bridgehead atoms. The number of nitro groups is 1. The second-order valence-electron chi connectivity index (χ2n) is 12.5. The molecule has 11 nitrogen and oxygen atoms in total. The highest BCUT2D eigenvalue weighted by molar-refractivity contribution is 9.10. The standard InChI is InChI=1S/C36H39BrN4O7S/c1-25-14-19-31(22-32(25)41(44)45)49(46,47)40(29-15-17-30(48-5)18-16-29)24-34(42)39(23-27-12-9-13-28(37)20-27)33(35(43)38-36(2,3)4)21-26-10-7-6-8-11-26/h6-20,22,33H,21,23-24H2,1-5H3,(H,38,43). The van der Waals surface area contributed by atoms with Crippen molar-refractivity contribution in [2.45, 2.75) is 57.1 Å². The lowest BCUT2D eigenvalue weighted by atomic mass is 10.0. The van der Waals surface area contributed by atoms with Crippen LogP contribution in [0.25, 0.3) is 0 Å². The Kier molecular flexibility index (Phi) is 11.8. The van der Waals surface area contributed by atoms with Gasteiger partial charge in [0.05, 0.1) is 22.6 Å². The van der Waals surface area contributed by atoms with Gasteiger partial charge in [0.25, 0.3) is 15.7 Å². The lowest BCUT2D eigenvalue weighted by Gasteiger charge is -2.35. The summed E-state index contributed by atoms with van der Waals surface area (Å²) in [5.74, 6) is -0.616. The van der Waals surface area contributed by atoms with Gasteiger partial charge in [0.2, 0.25) is 11.8 Å². The molecule has 2 amide bonds. The summed E-state index contributed by atoms with van der Waals surface area (Å²) >= 11 is 3.48. The molecule has 1 unspecified atom stereocenters. The molecule has 0 radical (unpaired) electrons. The number of methoxy groups -OCH3 is 1. The first-order valence-corrected chi connectivity index (χ1v) is 17.6. The van der Waals surface area contributed by atoms with Gasteiger partial charge in [0, 0.05) is 34.6 Å². The van der Waals surface area contributed by atoms with Gasteiger partial charge in [-0.15, -0.1) is 0 Å². The summed E-state index contributed by atoms with van der Waals surface area (Å²) in [4.78, 5) is 40.8. The van der Waals surface area contributed by atoms with E-state index in [1.54, 1.807) is 12.1 Å². The van der Waals surface area contributed by atoms with E-state index in [0.717, 1.165) is 20.4 Å². The molecular formula is C36H39BrN4O7S. The van der Waals surface area contributed by atoms with Gasteiger partial charge < -0.3 is 15.0 Å². The Morgan fingerprint density at radius 3 is 2.18 bits per heavy atom. The summed E-state index contributed by atoms with van der Waals surface area (Å²) in [7, 11) is -3.09. The Balaban J connectivity index is 1.86. The third-order valence-electron chi connectivity index (χ3n) is 7.62. The van der Waals surface area contributed by atoms with Crippen LogP contribution in [0.4, 0.5) is 11.4 Å². The van der Waals surface area contributed by atoms with Gasteiger partial charge in [-0.25, -0.2) is 8.42 Å². The van der Waals surface area contributed by atoms with E-state index in [1.165, 1.54) is 43.2 Å². The smallest absolute Gasteiger partial charge is 0.273 e. The number of hydrogen-bond donors (Lipinski definition) is 1. The Morgan fingerprint density at radius 1 is 0.939 bits per heavy atom. The molecule has 49 heavy (non-hydrogen) atoms. The number of sulfonamides is 1. The number of aryl methyl sites for hydroxylation is 1. The third kappa shape index (κ3) is 9.67. The summed E-state index contributed by atoms with van der Waals surface area (Å²) in [6.45, 7) is 6.30. The monoisotopic (exact) mass is 750 g/mol. The molecule has 258 valence electrons. The van der Waals surface area contributed by atoms with Crippen molar-refractivity contribution in [3.8, 4) is 5.75 Å². The highest BCUT2D eigenvalue weighted by atomic mass is 79.9. The van der Waals surface area contributed by atoms with Crippen LogP contribution >= 0.6 is 15.9 Å². The molecule has 13 heteroatoms. The number of nitrogens with one attached hydrogen (secondary N) is 1. The molecule has 4 aromatic rings. The Morgan fingerprint density at radius 2 is 1.59 bits per heavy atom. The van der Waals surface area contributed by atoms with Crippen molar-refractivity contribution in [2.24, 2.45) is 0 Å². The first-order chi connectivity index (χ1) is 23.1. The average Bonchev–Trinajstić information content (AvgIpc) is 3.04. The fraction of sp³-hybridized carbons (Fsp3) is 0.278. The maximum Gasteiger partial charge on any atom is 0.273 e. The number of carbonyl (C=O) groups is 2. The first-order valence-electron chi connectivity index (χ1n) is 15.4. The van der Waals surface area contributed by atoms with E-state index < -0.39 is 44.9 Å². The van der Waals surface area contributed by atoms with Crippen LogP contribution in [-0.2, 0) is 32.6 Å². The Hall–Kier alpha value is -4.75. The van der Waals surface area contributed by atoms with E-state index in [2.05, 4.69) is 21.2 Å². The Labute approximate surface area is 295 Å². The molecule has 0 fully saturated rings. The molecule has 0 saturated heterocycles. The molecule has 4 rings (SSSR count). The van der Waals surface area contributed by atoms with Crippen LogP contribution in [0.1, 0.15) is 37.5 Å². The lowest BCUT2D eigenvalue weighted by Crippen LogP contribution is -2.56. The lowest BCUT2D eigenvalue weighted by molar-refractivity contribution is -0.385. The topological polar surface area (TPSA) is 139 Å².